The van der Waals surface area contributed by atoms with Gasteiger partial charge in [0, 0.05) is 24.4 Å². The molecule has 20 heavy (non-hydrogen) atoms. The number of hydrogen-bond acceptors (Lipinski definition) is 4. The maximum absolute atomic E-state index is 12.2. The average molecular weight is 298 g/mol. The Kier molecular flexibility index (Phi) is 4.94. The summed E-state index contributed by atoms with van der Waals surface area (Å²) in [5.41, 5.74) is 5.82. The first-order chi connectivity index (χ1) is 9.05. The van der Waals surface area contributed by atoms with Gasteiger partial charge in [0.05, 0.1) is 4.90 Å². The summed E-state index contributed by atoms with van der Waals surface area (Å²) < 4.78 is 23.0. The molecule has 0 aliphatic heterocycles. The average Bonchev–Trinajstić information content (AvgIpc) is 2.33. The molecule has 112 valence electrons. The molecule has 0 saturated heterocycles. The van der Waals surface area contributed by atoms with Crippen LogP contribution >= 0.6 is 0 Å². The van der Waals surface area contributed by atoms with Crippen LogP contribution in [0.15, 0.2) is 29.2 Å². The fraction of sp³-hybridized carbons (Fsp3) is 0.500. The van der Waals surface area contributed by atoms with Gasteiger partial charge in [-0.15, -0.1) is 0 Å². The van der Waals surface area contributed by atoms with Crippen molar-refractivity contribution in [2.75, 3.05) is 12.8 Å². The molecule has 6 heteroatoms. The summed E-state index contributed by atoms with van der Waals surface area (Å²) in [7, 11) is -3.33. The van der Waals surface area contributed by atoms with E-state index in [0.717, 1.165) is 6.26 Å². The summed E-state index contributed by atoms with van der Waals surface area (Å²) >= 11 is 0. The van der Waals surface area contributed by atoms with Gasteiger partial charge in [-0.05, 0) is 23.6 Å². The van der Waals surface area contributed by atoms with Crippen molar-refractivity contribution in [1.29, 1.82) is 0 Å². The number of amides is 1. The van der Waals surface area contributed by atoms with E-state index in [1.54, 1.807) is 12.1 Å². The molecule has 5 nitrogen and oxygen atoms in total. The molecule has 3 N–H and O–H groups in total. The molecule has 0 heterocycles. The number of benzene rings is 1. The number of nitrogens with two attached hydrogens (primary N) is 1. The molecule has 1 aromatic carbocycles. The molecule has 0 spiro atoms. The van der Waals surface area contributed by atoms with Crippen molar-refractivity contribution < 1.29 is 13.2 Å². The second-order valence-corrected chi connectivity index (χ2v) is 7.94. The Morgan fingerprint density at radius 3 is 2.40 bits per heavy atom. The second kappa shape index (κ2) is 5.93. The van der Waals surface area contributed by atoms with Crippen molar-refractivity contribution in [2.24, 2.45) is 11.1 Å². The Hall–Kier alpha value is -1.40. The highest BCUT2D eigenvalue weighted by molar-refractivity contribution is 7.90. The minimum Gasteiger partial charge on any atom is -0.348 e. The lowest BCUT2D eigenvalue weighted by Gasteiger charge is -2.30. The highest BCUT2D eigenvalue weighted by Crippen LogP contribution is 2.19. The van der Waals surface area contributed by atoms with Crippen LogP contribution in [0.25, 0.3) is 0 Å². The van der Waals surface area contributed by atoms with Gasteiger partial charge in [0.15, 0.2) is 9.84 Å². The molecule has 1 aromatic rings. The fourth-order valence-corrected chi connectivity index (χ4v) is 2.41. The van der Waals surface area contributed by atoms with E-state index in [4.69, 9.17) is 5.73 Å². The van der Waals surface area contributed by atoms with Gasteiger partial charge in [-0.1, -0.05) is 26.8 Å². The molecule has 0 aliphatic rings. The molecule has 0 saturated carbocycles. The molecule has 0 fully saturated rings. The lowest BCUT2D eigenvalue weighted by Crippen LogP contribution is -2.48. The molecule has 1 unspecified atom stereocenters. The van der Waals surface area contributed by atoms with Crippen molar-refractivity contribution in [1.82, 2.24) is 5.32 Å². The van der Waals surface area contributed by atoms with E-state index in [1.807, 2.05) is 20.8 Å². The Morgan fingerprint density at radius 1 is 1.35 bits per heavy atom. The molecule has 1 rings (SSSR count). The van der Waals surface area contributed by atoms with E-state index in [0.29, 0.717) is 12.1 Å². The number of rotatable bonds is 4. The van der Waals surface area contributed by atoms with Crippen LogP contribution in [0, 0.1) is 5.41 Å². The summed E-state index contributed by atoms with van der Waals surface area (Å²) in [5.74, 6) is -0.319. The number of nitrogens with one attached hydrogen (secondary N) is 1. The van der Waals surface area contributed by atoms with Gasteiger partial charge >= 0.3 is 0 Å². The van der Waals surface area contributed by atoms with Crippen LogP contribution in [-0.2, 0) is 9.84 Å². The fourth-order valence-electron chi connectivity index (χ4n) is 1.74. The largest absolute Gasteiger partial charge is 0.348 e. The first kappa shape index (κ1) is 16.7. The van der Waals surface area contributed by atoms with Crippen molar-refractivity contribution in [3.8, 4) is 0 Å². The molecular formula is C14H22N2O3S. The van der Waals surface area contributed by atoms with Crippen LogP contribution in [-0.4, -0.2) is 33.2 Å². The number of sulfone groups is 1. The van der Waals surface area contributed by atoms with Crippen molar-refractivity contribution >= 4 is 15.7 Å². The minimum absolute atomic E-state index is 0.130. The summed E-state index contributed by atoms with van der Waals surface area (Å²) in [4.78, 5) is 12.3. The lowest BCUT2D eigenvalue weighted by atomic mass is 9.86. The topological polar surface area (TPSA) is 89.3 Å². The summed E-state index contributed by atoms with van der Waals surface area (Å²) in [5, 5.41) is 2.84. The smallest absolute Gasteiger partial charge is 0.251 e. The maximum atomic E-state index is 12.2. The Labute approximate surface area is 120 Å². The van der Waals surface area contributed by atoms with Crippen molar-refractivity contribution in [3.05, 3.63) is 29.8 Å². The van der Waals surface area contributed by atoms with Gasteiger partial charge in [0.2, 0.25) is 0 Å². The molecule has 1 amide bonds. The van der Waals surface area contributed by atoms with Crippen LogP contribution in [0.2, 0.25) is 0 Å². The highest BCUT2D eigenvalue weighted by atomic mass is 32.2. The molecule has 1 atom stereocenters. The van der Waals surface area contributed by atoms with Crippen LogP contribution in [0.1, 0.15) is 31.1 Å². The Balaban J connectivity index is 2.99. The zero-order chi connectivity index (χ0) is 15.6. The Morgan fingerprint density at radius 2 is 1.95 bits per heavy atom. The van der Waals surface area contributed by atoms with E-state index >= 15 is 0 Å². The van der Waals surface area contributed by atoms with Crippen LogP contribution in [0.3, 0.4) is 0 Å². The minimum atomic E-state index is -3.33. The third-order valence-electron chi connectivity index (χ3n) is 3.11. The van der Waals surface area contributed by atoms with Crippen LogP contribution in [0.4, 0.5) is 0 Å². The van der Waals surface area contributed by atoms with E-state index in [1.165, 1.54) is 12.1 Å². The standard InChI is InChI=1S/C14H22N2O3S/c1-14(2,3)12(9-15)16-13(17)10-6-5-7-11(8-10)20(4,18)19/h5-8,12H,9,15H2,1-4H3,(H,16,17). The second-order valence-electron chi connectivity index (χ2n) is 5.93. The highest BCUT2D eigenvalue weighted by Gasteiger charge is 2.25. The zero-order valence-corrected chi connectivity index (χ0v) is 13.1. The third-order valence-corrected chi connectivity index (χ3v) is 4.22. The van der Waals surface area contributed by atoms with Crippen LogP contribution < -0.4 is 11.1 Å². The first-order valence-electron chi connectivity index (χ1n) is 6.37. The summed E-state index contributed by atoms with van der Waals surface area (Å²) in [6, 6.07) is 5.80. The van der Waals surface area contributed by atoms with E-state index in [2.05, 4.69) is 5.32 Å². The predicted molar refractivity (Wildman–Crippen MR) is 79.3 cm³/mol. The monoisotopic (exact) mass is 298 g/mol. The first-order valence-corrected chi connectivity index (χ1v) is 8.26. The van der Waals surface area contributed by atoms with Gasteiger partial charge < -0.3 is 11.1 Å². The van der Waals surface area contributed by atoms with Gasteiger partial charge in [-0.25, -0.2) is 8.42 Å². The zero-order valence-electron chi connectivity index (χ0n) is 12.3. The molecule has 0 aromatic heterocycles. The van der Waals surface area contributed by atoms with E-state index in [9.17, 15) is 13.2 Å². The predicted octanol–water partition coefficient (Wildman–Crippen LogP) is 1.19. The maximum Gasteiger partial charge on any atom is 0.251 e. The summed E-state index contributed by atoms with van der Waals surface area (Å²) in [6.45, 7) is 6.27. The van der Waals surface area contributed by atoms with E-state index in [-0.39, 0.29) is 22.3 Å². The number of carbonyl (C=O) groups is 1. The van der Waals surface area contributed by atoms with E-state index < -0.39 is 9.84 Å². The van der Waals surface area contributed by atoms with Gasteiger partial charge in [0.1, 0.15) is 0 Å². The van der Waals surface area contributed by atoms with Gasteiger partial charge in [-0.2, -0.15) is 0 Å². The number of carbonyl (C=O) groups excluding carboxylic acids is 1. The van der Waals surface area contributed by atoms with Crippen molar-refractivity contribution in [3.63, 3.8) is 0 Å². The normalized spacial score (nSPS) is 13.8. The summed E-state index contributed by atoms with van der Waals surface area (Å²) in [6.07, 6.45) is 1.11. The van der Waals surface area contributed by atoms with Crippen molar-refractivity contribution in [2.45, 2.75) is 31.7 Å². The molecule has 0 bridgehead atoms. The quantitative estimate of drug-likeness (QED) is 0.874. The van der Waals surface area contributed by atoms with Gasteiger partial charge in [-0.3, -0.25) is 4.79 Å². The molecular weight excluding hydrogens is 276 g/mol. The van der Waals surface area contributed by atoms with Gasteiger partial charge in [0.25, 0.3) is 5.91 Å². The molecule has 0 radical (unpaired) electrons. The number of hydrogen-bond donors (Lipinski definition) is 2. The SMILES string of the molecule is CC(C)(C)C(CN)NC(=O)c1cccc(S(C)(=O)=O)c1. The van der Waals surface area contributed by atoms with Crippen LogP contribution in [0.5, 0.6) is 0 Å². The molecule has 0 aliphatic carbocycles. The Bertz CT molecular complexity index is 589. The third kappa shape index (κ3) is 4.31. The lowest BCUT2D eigenvalue weighted by molar-refractivity contribution is 0.0905.